The maximum absolute atomic E-state index is 13.8. The third-order valence-electron chi connectivity index (χ3n) is 3.54. The van der Waals surface area contributed by atoms with E-state index in [2.05, 4.69) is 0 Å². The number of halogens is 3. The Kier molecular flexibility index (Phi) is 3.39. The molecule has 8 heteroatoms. The van der Waals surface area contributed by atoms with Gasteiger partial charge < -0.3 is 5.11 Å². The number of alkyl halides is 2. The predicted octanol–water partition coefficient (Wildman–Crippen LogP) is 3.18. The normalized spacial score (nSPS) is 20.1. The molecule has 0 saturated heterocycles. The van der Waals surface area contributed by atoms with E-state index in [0.29, 0.717) is 10.4 Å². The Hall–Kier alpha value is -1.38. The highest BCUT2D eigenvalue weighted by Gasteiger charge is 2.51. The molecule has 1 aliphatic rings. The number of rotatable bonds is 2. The lowest BCUT2D eigenvalue weighted by Crippen LogP contribution is -2.22. The molecule has 1 heterocycles. The zero-order valence-electron chi connectivity index (χ0n) is 11.3. The summed E-state index contributed by atoms with van der Waals surface area (Å²) in [6.45, 7) is 0. The van der Waals surface area contributed by atoms with Crippen LogP contribution in [-0.4, -0.2) is 25.7 Å². The lowest BCUT2D eigenvalue weighted by Gasteiger charge is -2.14. The summed E-state index contributed by atoms with van der Waals surface area (Å²) in [6, 6.07) is 5.14. The molecule has 2 aromatic rings. The summed E-state index contributed by atoms with van der Waals surface area (Å²) in [5.74, 6) is -3.89. The lowest BCUT2D eigenvalue weighted by atomic mass is 10.1. The van der Waals surface area contributed by atoms with Crippen molar-refractivity contribution in [3.05, 3.63) is 41.2 Å². The van der Waals surface area contributed by atoms with Gasteiger partial charge in [-0.1, -0.05) is 12.1 Å². The molecular formula is C14H11F3O3S2. The first-order chi connectivity index (χ1) is 10.1. The van der Waals surface area contributed by atoms with E-state index < -0.39 is 34.1 Å². The number of aliphatic hydroxyl groups excluding tert-OH is 1. The first kappa shape index (κ1) is 15.5. The molecular weight excluding hydrogens is 337 g/mol. The fraction of sp³-hybridized carbons (Fsp3) is 0.286. The summed E-state index contributed by atoms with van der Waals surface area (Å²) in [5, 5.41) is 9.79. The van der Waals surface area contributed by atoms with Gasteiger partial charge in [0.15, 0.2) is 9.84 Å². The van der Waals surface area contributed by atoms with Crippen LogP contribution in [0.2, 0.25) is 0 Å². The SMILES string of the molecule is CS(=O)(=O)c1sc(-c2ccc(F)cc2)c2c1[C@H](O)C(F)(F)C2. The van der Waals surface area contributed by atoms with Crippen LogP contribution < -0.4 is 0 Å². The maximum atomic E-state index is 13.8. The van der Waals surface area contributed by atoms with Crippen LogP contribution in [0.3, 0.4) is 0 Å². The van der Waals surface area contributed by atoms with Crippen molar-refractivity contribution in [2.75, 3.05) is 6.26 Å². The summed E-state index contributed by atoms with van der Waals surface area (Å²) < 4.78 is 64.0. The fourth-order valence-electron chi connectivity index (χ4n) is 2.56. The Morgan fingerprint density at radius 1 is 1.27 bits per heavy atom. The van der Waals surface area contributed by atoms with Crippen LogP contribution in [0.1, 0.15) is 17.2 Å². The topological polar surface area (TPSA) is 54.4 Å². The van der Waals surface area contributed by atoms with Crippen LogP contribution in [0.25, 0.3) is 10.4 Å². The number of hydrogen-bond donors (Lipinski definition) is 1. The monoisotopic (exact) mass is 348 g/mol. The van der Waals surface area contributed by atoms with Gasteiger partial charge in [-0.15, -0.1) is 11.3 Å². The summed E-state index contributed by atoms with van der Waals surface area (Å²) in [7, 11) is -3.76. The molecule has 0 bridgehead atoms. The molecule has 3 nitrogen and oxygen atoms in total. The molecule has 0 unspecified atom stereocenters. The van der Waals surface area contributed by atoms with Crippen molar-refractivity contribution >= 4 is 21.2 Å². The van der Waals surface area contributed by atoms with E-state index in [0.717, 1.165) is 17.6 Å². The number of sulfone groups is 1. The van der Waals surface area contributed by atoms with Crippen molar-refractivity contribution in [2.45, 2.75) is 22.7 Å². The molecule has 1 aromatic heterocycles. The minimum absolute atomic E-state index is 0.120. The summed E-state index contributed by atoms with van der Waals surface area (Å²) in [6.07, 6.45) is -1.96. The second kappa shape index (κ2) is 4.81. The van der Waals surface area contributed by atoms with Gasteiger partial charge in [0.1, 0.15) is 16.1 Å². The third kappa shape index (κ3) is 2.35. The quantitative estimate of drug-likeness (QED) is 0.907. The number of aliphatic hydroxyl groups is 1. The van der Waals surface area contributed by atoms with Gasteiger partial charge in [0, 0.05) is 23.1 Å². The maximum Gasteiger partial charge on any atom is 0.281 e. The average Bonchev–Trinajstić information content (AvgIpc) is 2.86. The summed E-state index contributed by atoms with van der Waals surface area (Å²) >= 11 is 0.829. The van der Waals surface area contributed by atoms with E-state index in [1.807, 2.05) is 0 Å². The van der Waals surface area contributed by atoms with Gasteiger partial charge >= 0.3 is 0 Å². The Morgan fingerprint density at radius 2 is 1.86 bits per heavy atom. The fourth-order valence-corrected chi connectivity index (χ4v) is 5.14. The molecule has 1 atom stereocenters. The van der Waals surface area contributed by atoms with Crippen LogP contribution in [0.15, 0.2) is 28.5 Å². The van der Waals surface area contributed by atoms with Crippen LogP contribution in [0.5, 0.6) is 0 Å². The van der Waals surface area contributed by atoms with Gasteiger partial charge in [0.2, 0.25) is 0 Å². The van der Waals surface area contributed by atoms with Crippen LogP contribution in [0.4, 0.5) is 13.2 Å². The average molecular weight is 348 g/mol. The minimum atomic E-state index is -3.76. The van der Waals surface area contributed by atoms with Gasteiger partial charge in [0.25, 0.3) is 5.92 Å². The van der Waals surface area contributed by atoms with Gasteiger partial charge in [-0.3, -0.25) is 0 Å². The van der Waals surface area contributed by atoms with Gasteiger partial charge in [-0.05, 0) is 23.3 Å². The van der Waals surface area contributed by atoms with Crippen LogP contribution in [-0.2, 0) is 16.3 Å². The van der Waals surface area contributed by atoms with E-state index >= 15 is 0 Å². The highest BCUT2D eigenvalue weighted by atomic mass is 32.2. The Morgan fingerprint density at radius 3 is 2.41 bits per heavy atom. The zero-order valence-corrected chi connectivity index (χ0v) is 12.9. The lowest BCUT2D eigenvalue weighted by molar-refractivity contribution is -0.0975. The van der Waals surface area contributed by atoms with Gasteiger partial charge in [-0.25, -0.2) is 21.6 Å². The van der Waals surface area contributed by atoms with Crippen LogP contribution in [0, 0.1) is 5.82 Å². The number of fused-ring (bicyclic) bond motifs is 1. The molecule has 0 fully saturated rings. The first-order valence-corrected chi connectivity index (χ1v) is 8.99. The highest BCUT2D eigenvalue weighted by molar-refractivity contribution is 7.92. The summed E-state index contributed by atoms with van der Waals surface area (Å²) in [5.41, 5.74) is 0.341. The standard InChI is InChI=1S/C14H11F3O3S2/c1-22(19,20)13-10-9(6-14(16,17)12(10)18)11(21-13)7-2-4-8(15)5-3-7/h2-5,12,18H,6H2,1H3/t12-/m0/s1. The van der Waals surface area contributed by atoms with E-state index in [4.69, 9.17) is 0 Å². The van der Waals surface area contributed by atoms with Crippen molar-refractivity contribution in [2.24, 2.45) is 0 Å². The van der Waals surface area contributed by atoms with Crippen molar-refractivity contribution < 1.29 is 26.7 Å². The van der Waals surface area contributed by atoms with Crippen molar-refractivity contribution in [1.82, 2.24) is 0 Å². The molecule has 1 aromatic carbocycles. The Balaban J connectivity index is 2.27. The number of benzene rings is 1. The second-order valence-corrected chi connectivity index (χ2v) is 8.46. The molecule has 118 valence electrons. The predicted molar refractivity (Wildman–Crippen MR) is 76.4 cm³/mol. The Bertz CT molecular complexity index is 839. The number of thiophene rings is 1. The molecule has 0 amide bonds. The largest absolute Gasteiger partial charge is 0.382 e. The van der Waals surface area contributed by atoms with Gasteiger partial charge in [0.05, 0.1) is 0 Å². The minimum Gasteiger partial charge on any atom is -0.382 e. The van der Waals surface area contributed by atoms with E-state index in [1.165, 1.54) is 24.3 Å². The molecule has 3 rings (SSSR count). The molecule has 1 N–H and O–H groups in total. The van der Waals surface area contributed by atoms with E-state index in [-0.39, 0.29) is 15.3 Å². The van der Waals surface area contributed by atoms with E-state index in [1.54, 1.807) is 0 Å². The molecule has 1 aliphatic carbocycles. The first-order valence-electron chi connectivity index (χ1n) is 6.28. The Labute approximate surface area is 128 Å². The molecule has 0 aliphatic heterocycles. The molecule has 0 saturated carbocycles. The van der Waals surface area contributed by atoms with Crippen molar-refractivity contribution in [3.63, 3.8) is 0 Å². The van der Waals surface area contributed by atoms with E-state index in [9.17, 15) is 26.7 Å². The zero-order chi connectivity index (χ0) is 16.3. The smallest absolute Gasteiger partial charge is 0.281 e. The summed E-state index contributed by atoms with van der Waals surface area (Å²) in [4.78, 5) is 0.326. The van der Waals surface area contributed by atoms with Crippen molar-refractivity contribution in [1.29, 1.82) is 0 Å². The second-order valence-electron chi connectivity index (χ2n) is 5.23. The highest BCUT2D eigenvalue weighted by Crippen LogP contribution is 2.53. The molecule has 0 radical (unpaired) electrons. The molecule has 22 heavy (non-hydrogen) atoms. The number of hydrogen-bond acceptors (Lipinski definition) is 4. The van der Waals surface area contributed by atoms with Gasteiger partial charge in [-0.2, -0.15) is 0 Å². The molecule has 0 spiro atoms. The third-order valence-corrected chi connectivity index (χ3v) is 6.69. The van der Waals surface area contributed by atoms with Crippen molar-refractivity contribution in [3.8, 4) is 10.4 Å². The van der Waals surface area contributed by atoms with Crippen LogP contribution >= 0.6 is 11.3 Å².